The molecular formula is C11H12ClNO2. The van der Waals surface area contributed by atoms with Gasteiger partial charge in [0.2, 0.25) is 6.41 Å². The van der Waals surface area contributed by atoms with Gasteiger partial charge in [0.15, 0.2) is 0 Å². The van der Waals surface area contributed by atoms with Crippen LogP contribution >= 0.6 is 11.6 Å². The third-order valence-corrected chi connectivity index (χ3v) is 3.11. The van der Waals surface area contributed by atoms with E-state index in [4.69, 9.17) is 11.6 Å². The zero-order chi connectivity index (χ0) is 10.9. The molecular weight excluding hydrogens is 214 g/mol. The molecule has 0 saturated heterocycles. The van der Waals surface area contributed by atoms with Gasteiger partial charge in [-0.15, -0.1) is 0 Å². The van der Waals surface area contributed by atoms with Gasteiger partial charge in [-0.05, 0) is 17.7 Å². The molecule has 1 amide bonds. The fraction of sp³-hybridized carbons (Fsp3) is 0.364. The van der Waals surface area contributed by atoms with Crippen molar-refractivity contribution in [1.29, 1.82) is 0 Å². The molecule has 0 unspecified atom stereocenters. The number of rotatable bonds is 3. The highest BCUT2D eigenvalue weighted by Crippen LogP contribution is 2.41. The number of carbonyl (C=O) groups excluding carboxylic acids is 1. The summed E-state index contributed by atoms with van der Waals surface area (Å²) in [6.07, 6.45) is 1.80. The van der Waals surface area contributed by atoms with Gasteiger partial charge < -0.3 is 10.4 Å². The highest BCUT2D eigenvalue weighted by atomic mass is 35.5. The van der Waals surface area contributed by atoms with Crippen molar-refractivity contribution in [2.75, 3.05) is 0 Å². The monoisotopic (exact) mass is 225 g/mol. The van der Waals surface area contributed by atoms with Crippen molar-refractivity contribution in [3.05, 3.63) is 34.9 Å². The van der Waals surface area contributed by atoms with E-state index >= 15 is 0 Å². The molecule has 0 aliphatic heterocycles. The Balaban J connectivity index is 2.06. The lowest BCUT2D eigenvalue weighted by molar-refractivity contribution is -0.114. The summed E-state index contributed by atoms with van der Waals surface area (Å²) in [6, 6.07) is 7.24. The first kappa shape index (κ1) is 10.5. The molecule has 0 radical (unpaired) electrons. The van der Waals surface area contributed by atoms with E-state index in [2.05, 4.69) is 5.32 Å². The van der Waals surface area contributed by atoms with E-state index in [9.17, 15) is 9.90 Å². The van der Waals surface area contributed by atoms with Gasteiger partial charge in [0.25, 0.3) is 0 Å². The molecule has 1 aliphatic rings. The van der Waals surface area contributed by atoms with Crippen LogP contribution in [0.5, 0.6) is 0 Å². The van der Waals surface area contributed by atoms with Crippen molar-refractivity contribution in [1.82, 2.24) is 5.32 Å². The molecule has 15 heavy (non-hydrogen) atoms. The van der Waals surface area contributed by atoms with Crippen molar-refractivity contribution in [2.45, 2.75) is 24.5 Å². The average molecular weight is 226 g/mol. The Hall–Kier alpha value is -1.06. The molecule has 1 fully saturated rings. The molecule has 1 aromatic rings. The van der Waals surface area contributed by atoms with E-state index < -0.39 is 5.60 Å². The predicted octanol–water partition coefficient (Wildman–Crippen LogP) is 1.44. The van der Waals surface area contributed by atoms with E-state index in [1.807, 2.05) is 12.1 Å². The second kappa shape index (κ2) is 3.83. The number of hydrogen-bond acceptors (Lipinski definition) is 2. The lowest BCUT2D eigenvalue weighted by Crippen LogP contribution is -2.51. The number of carbonyl (C=O) groups is 1. The first-order chi connectivity index (χ1) is 7.14. The maximum Gasteiger partial charge on any atom is 0.207 e. The van der Waals surface area contributed by atoms with E-state index in [0.717, 1.165) is 5.56 Å². The molecule has 0 bridgehead atoms. The third-order valence-electron chi connectivity index (χ3n) is 2.85. The zero-order valence-corrected chi connectivity index (χ0v) is 8.87. The van der Waals surface area contributed by atoms with Crippen molar-refractivity contribution in [3.8, 4) is 0 Å². The summed E-state index contributed by atoms with van der Waals surface area (Å²) < 4.78 is 0. The van der Waals surface area contributed by atoms with Crippen LogP contribution in [0, 0.1) is 0 Å². The van der Waals surface area contributed by atoms with E-state index in [0.29, 0.717) is 24.3 Å². The Morgan fingerprint density at radius 3 is 2.53 bits per heavy atom. The maximum absolute atomic E-state index is 10.2. The van der Waals surface area contributed by atoms with Gasteiger partial charge in [-0.1, -0.05) is 23.7 Å². The molecule has 2 rings (SSSR count). The Bertz CT molecular complexity index is 357. The standard InChI is InChI=1S/C11H12ClNO2/c12-9-3-1-8(2-4-9)11(15)5-10(6-11)13-7-14/h1-4,7,10,15H,5-6H2,(H,13,14). The number of nitrogens with one attached hydrogen (secondary N) is 1. The highest BCUT2D eigenvalue weighted by Gasteiger charge is 2.43. The predicted molar refractivity (Wildman–Crippen MR) is 57.6 cm³/mol. The Labute approximate surface area is 93.1 Å². The van der Waals surface area contributed by atoms with Gasteiger partial charge in [-0.25, -0.2) is 0 Å². The summed E-state index contributed by atoms with van der Waals surface area (Å²) in [6.45, 7) is 0. The first-order valence-electron chi connectivity index (χ1n) is 4.82. The molecule has 0 spiro atoms. The first-order valence-corrected chi connectivity index (χ1v) is 5.20. The van der Waals surface area contributed by atoms with E-state index in [1.54, 1.807) is 12.1 Å². The summed E-state index contributed by atoms with van der Waals surface area (Å²) >= 11 is 5.76. The lowest BCUT2D eigenvalue weighted by Gasteiger charge is -2.43. The van der Waals surface area contributed by atoms with Crippen LogP contribution in [0.4, 0.5) is 0 Å². The fourth-order valence-electron chi connectivity index (χ4n) is 1.97. The zero-order valence-electron chi connectivity index (χ0n) is 8.11. The molecule has 0 aromatic heterocycles. The maximum atomic E-state index is 10.2. The van der Waals surface area contributed by atoms with Crippen LogP contribution in [-0.4, -0.2) is 17.6 Å². The second-order valence-electron chi connectivity index (χ2n) is 3.93. The van der Waals surface area contributed by atoms with Crippen molar-refractivity contribution in [3.63, 3.8) is 0 Å². The van der Waals surface area contributed by atoms with Crippen LogP contribution in [-0.2, 0) is 10.4 Å². The molecule has 0 heterocycles. The second-order valence-corrected chi connectivity index (χ2v) is 4.36. The molecule has 1 aromatic carbocycles. The van der Waals surface area contributed by atoms with Crippen LogP contribution in [0.25, 0.3) is 0 Å². The van der Waals surface area contributed by atoms with Crippen LogP contribution < -0.4 is 5.32 Å². The number of hydrogen-bond donors (Lipinski definition) is 2. The minimum atomic E-state index is -0.800. The normalized spacial score (nSPS) is 29.3. The number of benzene rings is 1. The molecule has 0 atom stereocenters. The van der Waals surface area contributed by atoms with Crippen LogP contribution in [0.1, 0.15) is 18.4 Å². The van der Waals surface area contributed by atoms with Crippen molar-refractivity contribution in [2.24, 2.45) is 0 Å². The van der Waals surface area contributed by atoms with Crippen LogP contribution in [0.15, 0.2) is 24.3 Å². The average Bonchev–Trinajstić information content (AvgIpc) is 2.16. The fourth-order valence-corrected chi connectivity index (χ4v) is 2.09. The molecule has 80 valence electrons. The number of halogens is 1. The minimum Gasteiger partial charge on any atom is -0.385 e. The smallest absolute Gasteiger partial charge is 0.207 e. The van der Waals surface area contributed by atoms with E-state index in [1.165, 1.54) is 0 Å². The van der Waals surface area contributed by atoms with Gasteiger partial charge in [0.1, 0.15) is 0 Å². The molecule has 1 saturated carbocycles. The molecule has 3 nitrogen and oxygen atoms in total. The number of amides is 1. The van der Waals surface area contributed by atoms with Crippen LogP contribution in [0.3, 0.4) is 0 Å². The summed E-state index contributed by atoms with van der Waals surface area (Å²) in [5.74, 6) is 0. The summed E-state index contributed by atoms with van der Waals surface area (Å²) in [4.78, 5) is 10.2. The summed E-state index contributed by atoms with van der Waals surface area (Å²) in [7, 11) is 0. The minimum absolute atomic E-state index is 0.0863. The highest BCUT2D eigenvalue weighted by molar-refractivity contribution is 6.30. The molecule has 2 N–H and O–H groups in total. The Morgan fingerprint density at radius 1 is 1.40 bits per heavy atom. The van der Waals surface area contributed by atoms with Gasteiger partial charge in [0, 0.05) is 23.9 Å². The Kier molecular flexibility index (Phi) is 2.67. The van der Waals surface area contributed by atoms with Crippen molar-refractivity contribution >= 4 is 18.0 Å². The van der Waals surface area contributed by atoms with Crippen molar-refractivity contribution < 1.29 is 9.90 Å². The Morgan fingerprint density at radius 2 is 2.00 bits per heavy atom. The molecule has 4 heteroatoms. The third kappa shape index (κ3) is 1.98. The van der Waals surface area contributed by atoms with E-state index in [-0.39, 0.29) is 6.04 Å². The molecule has 1 aliphatic carbocycles. The summed E-state index contributed by atoms with van der Waals surface area (Å²) in [5, 5.41) is 13.5. The largest absolute Gasteiger partial charge is 0.385 e. The van der Waals surface area contributed by atoms with Crippen LogP contribution in [0.2, 0.25) is 5.02 Å². The topological polar surface area (TPSA) is 49.3 Å². The lowest BCUT2D eigenvalue weighted by atomic mass is 9.71. The van der Waals surface area contributed by atoms with Gasteiger partial charge in [-0.2, -0.15) is 0 Å². The van der Waals surface area contributed by atoms with Gasteiger partial charge in [0.05, 0.1) is 5.60 Å². The summed E-state index contributed by atoms with van der Waals surface area (Å²) in [5.41, 5.74) is 0.0569. The quantitative estimate of drug-likeness (QED) is 0.765. The van der Waals surface area contributed by atoms with Gasteiger partial charge >= 0.3 is 0 Å². The number of aliphatic hydroxyl groups is 1. The van der Waals surface area contributed by atoms with Gasteiger partial charge in [-0.3, -0.25) is 4.79 Å². The SMILES string of the molecule is O=CNC1CC(O)(c2ccc(Cl)cc2)C1.